The predicted octanol–water partition coefficient (Wildman–Crippen LogP) is 3.95. The summed E-state index contributed by atoms with van der Waals surface area (Å²) in [6.07, 6.45) is 6.33. The van der Waals surface area contributed by atoms with Gasteiger partial charge in [0.05, 0.1) is 6.20 Å². The van der Waals surface area contributed by atoms with Gasteiger partial charge in [0.2, 0.25) is 17.8 Å². The molecule has 1 fully saturated rings. The Hall–Kier alpha value is -3.20. The lowest BCUT2D eigenvalue weighted by Crippen LogP contribution is -2.41. The van der Waals surface area contributed by atoms with Crippen LogP contribution in [-0.2, 0) is 11.3 Å². The van der Waals surface area contributed by atoms with Crippen molar-refractivity contribution in [2.24, 2.45) is 0 Å². The molecule has 1 saturated heterocycles. The van der Waals surface area contributed by atoms with Crippen molar-refractivity contribution in [1.82, 2.24) is 19.6 Å². The largest absolute Gasteiger partial charge is 0.396 e. The van der Waals surface area contributed by atoms with E-state index in [0.717, 1.165) is 48.3 Å². The summed E-state index contributed by atoms with van der Waals surface area (Å²) >= 11 is 0. The van der Waals surface area contributed by atoms with Crippen LogP contribution in [0.3, 0.4) is 0 Å². The van der Waals surface area contributed by atoms with Gasteiger partial charge in [0.1, 0.15) is 0 Å². The molecular formula is C25H35N7O2. The summed E-state index contributed by atoms with van der Waals surface area (Å²) in [6, 6.07) is 8.03. The lowest BCUT2D eigenvalue weighted by Gasteiger charge is -2.35. The average Bonchev–Trinajstić information content (AvgIpc) is 3.28. The normalized spacial score (nSPS) is 16.3. The number of piperidine rings is 1. The second kappa shape index (κ2) is 10.8. The molecule has 3 aromatic rings. The Morgan fingerprint density at radius 3 is 2.71 bits per heavy atom. The molecular weight excluding hydrogens is 430 g/mol. The molecule has 34 heavy (non-hydrogen) atoms. The van der Waals surface area contributed by atoms with Crippen LogP contribution in [0.5, 0.6) is 0 Å². The molecule has 0 aliphatic carbocycles. The Morgan fingerprint density at radius 2 is 2.00 bits per heavy atom. The van der Waals surface area contributed by atoms with Crippen LogP contribution < -0.4 is 15.5 Å². The Morgan fingerprint density at radius 1 is 1.21 bits per heavy atom. The van der Waals surface area contributed by atoms with Gasteiger partial charge in [-0.2, -0.15) is 19.6 Å². The minimum atomic E-state index is -0.00126. The summed E-state index contributed by atoms with van der Waals surface area (Å²) in [5.74, 6) is 1.61. The summed E-state index contributed by atoms with van der Waals surface area (Å²) in [5, 5.41) is 20.5. The third-order valence-electron chi connectivity index (χ3n) is 6.36. The molecule has 1 aromatic carbocycles. The standard InChI is InChI=1S/C25H35N7O2/c1-4-22(34)28-19-10-8-18(9-11-19)15-26-24-30-25(31-13-6-5-7-20(31)12-14-33)29-23-21(17(2)3)16-27-32(23)24/h8-11,16-17,20,33H,4-7,12-15H2,1-3H3,(H,28,34)(H,26,29,30)/t20-/m0/s1. The zero-order valence-corrected chi connectivity index (χ0v) is 20.3. The van der Waals surface area contributed by atoms with Gasteiger partial charge in [-0.3, -0.25) is 4.79 Å². The van der Waals surface area contributed by atoms with Gasteiger partial charge in [-0.15, -0.1) is 0 Å². The molecule has 9 heteroatoms. The van der Waals surface area contributed by atoms with Crippen molar-refractivity contribution in [2.75, 3.05) is 28.7 Å². The molecule has 3 N–H and O–H groups in total. The number of aliphatic hydroxyl groups is 1. The first-order valence-electron chi connectivity index (χ1n) is 12.3. The number of nitrogens with one attached hydrogen (secondary N) is 2. The highest BCUT2D eigenvalue weighted by molar-refractivity contribution is 5.90. The fraction of sp³-hybridized carbons (Fsp3) is 0.520. The van der Waals surface area contributed by atoms with Gasteiger partial charge in [0, 0.05) is 43.4 Å². The van der Waals surface area contributed by atoms with Gasteiger partial charge < -0.3 is 20.6 Å². The first kappa shape index (κ1) is 23.9. The quantitative estimate of drug-likeness (QED) is 0.439. The van der Waals surface area contributed by atoms with E-state index in [1.807, 2.05) is 37.4 Å². The van der Waals surface area contributed by atoms with Crippen molar-refractivity contribution in [3.63, 3.8) is 0 Å². The van der Waals surface area contributed by atoms with Crippen LogP contribution in [0.15, 0.2) is 30.5 Å². The zero-order valence-electron chi connectivity index (χ0n) is 20.3. The van der Waals surface area contributed by atoms with Crippen molar-refractivity contribution in [3.05, 3.63) is 41.6 Å². The molecule has 0 spiro atoms. The van der Waals surface area contributed by atoms with E-state index in [1.165, 1.54) is 0 Å². The molecule has 0 radical (unpaired) electrons. The molecule has 182 valence electrons. The van der Waals surface area contributed by atoms with E-state index in [-0.39, 0.29) is 24.5 Å². The minimum Gasteiger partial charge on any atom is -0.396 e. The first-order chi connectivity index (χ1) is 16.5. The number of carbonyl (C=O) groups is 1. The maximum absolute atomic E-state index is 11.6. The van der Waals surface area contributed by atoms with Crippen LogP contribution >= 0.6 is 0 Å². The van der Waals surface area contributed by atoms with Crippen molar-refractivity contribution in [3.8, 4) is 0 Å². The molecule has 0 bridgehead atoms. The fourth-order valence-electron chi connectivity index (χ4n) is 4.38. The van der Waals surface area contributed by atoms with Gasteiger partial charge in [-0.25, -0.2) is 0 Å². The van der Waals surface area contributed by atoms with Gasteiger partial charge in [-0.1, -0.05) is 32.9 Å². The van der Waals surface area contributed by atoms with Crippen molar-refractivity contribution in [2.45, 2.75) is 71.4 Å². The summed E-state index contributed by atoms with van der Waals surface area (Å²) < 4.78 is 1.78. The van der Waals surface area contributed by atoms with Gasteiger partial charge in [-0.05, 0) is 49.3 Å². The molecule has 4 rings (SSSR count). The lowest BCUT2D eigenvalue weighted by atomic mass is 10.0. The Balaban J connectivity index is 1.61. The molecule has 0 unspecified atom stereocenters. The van der Waals surface area contributed by atoms with E-state index in [4.69, 9.17) is 9.97 Å². The lowest BCUT2D eigenvalue weighted by molar-refractivity contribution is -0.115. The maximum Gasteiger partial charge on any atom is 0.230 e. The summed E-state index contributed by atoms with van der Waals surface area (Å²) in [4.78, 5) is 23.7. The Kier molecular flexibility index (Phi) is 7.62. The highest BCUT2D eigenvalue weighted by Gasteiger charge is 2.26. The second-order valence-corrected chi connectivity index (χ2v) is 9.14. The number of anilines is 3. The number of hydrogen-bond acceptors (Lipinski definition) is 7. The van der Waals surface area contributed by atoms with Crippen molar-refractivity contribution >= 4 is 29.1 Å². The number of nitrogens with zero attached hydrogens (tertiary/aromatic N) is 5. The minimum absolute atomic E-state index is 0.00126. The predicted molar refractivity (Wildman–Crippen MR) is 134 cm³/mol. The molecule has 1 aliphatic heterocycles. The molecule has 3 heterocycles. The van der Waals surface area contributed by atoms with Crippen molar-refractivity contribution < 1.29 is 9.90 Å². The number of amides is 1. The summed E-state index contributed by atoms with van der Waals surface area (Å²) in [7, 11) is 0. The van der Waals surface area contributed by atoms with E-state index < -0.39 is 0 Å². The first-order valence-corrected chi connectivity index (χ1v) is 12.3. The number of benzene rings is 1. The number of fused-ring (bicyclic) bond motifs is 1. The topological polar surface area (TPSA) is 108 Å². The number of hydrogen-bond donors (Lipinski definition) is 3. The van der Waals surface area contributed by atoms with Crippen LogP contribution in [0.25, 0.3) is 5.65 Å². The second-order valence-electron chi connectivity index (χ2n) is 9.14. The molecule has 1 aliphatic rings. The van der Waals surface area contributed by atoms with Crippen LogP contribution in [0.2, 0.25) is 0 Å². The number of aromatic nitrogens is 4. The van der Waals surface area contributed by atoms with Gasteiger partial charge in [0.25, 0.3) is 0 Å². The maximum atomic E-state index is 11.6. The van der Waals surface area contributed by atoms with Gasteiger partial charge >= 0.3 is 0 Å². The van der Waals surface area contributed by atoms with Crippen molar-refractivity contribution in [1.29, 1.82) is 0 Å². The highest BCUT2D eigenvalue weighted by atomic mass is 16.3. The molecule has 0 saturated carbocycles. The van der Waals surface area contributed by atoms with Gasteiger partial charge in [0.15, 0.2) is 5.65 Å². The highest BCUT2D eigenvalue weighted by Crippen LogP contribution is 2.28. The number of aliphatic hydroxyl groups excluding tert-OH is 1. The van der Waals surface area contributed by atoms with E-state index in [1.54, 1.807) is 4.52 Å². The van der Waals surface area contributed by atoms with E-state index in [2.05, 4.69) is 34.5 Å². The Labute approximate surface area is 200 Å². The number of rotatable bonds is 9. The van der Waals surface area contributed by atoms with Crippen LogP contribution in [-0.4, -0.2) is 49.8 Å². The van der Waals surface area contributed by atoms with E-state index >= 15 is 0 Å². The molecule has 2 aromatic heterocycles. The number of carbonyl (C=O) groups excluding carboxylic acids is 1. The Bertz CT molecular complexity index is 1110. The van der Waals surface area contributed by atoms with E-state index in [9.17, 15) is 9.90 Å². The molecule has 9 nitrogen and oxygen atoms in total. The monoisotopic (exact) mass is 465 g/mol. The smallest absolute Gasteiger partial charge is 0.230 e. The average molecular weight is 466 g/mol. The SMILES string of the molecule is CCC(=O)Nc1ccc(CNc2nc(N3CCCC[C@H]3CCO)nc3c(C(C)C)cnn23)cc1. The summed E-state index contributed by atoms with van der Waals surface area (Å²) in [6.45, 7) is 7.72. The fourth-order valence-corrected chi connectivity index (χ4v) is 4.38. The van der Waals surface area contributed by atoms with Crippen LogP contribution in [0.4, 0.5) is 17.6 Å². The van der Waals surface area contributed by atoms with Crippen LogP contribution in [0.1, 0.15) is 69.9 Å². The third-order valence-corrected chi connectivity index (χ3v) is 6.36. The molecule has 1 atom stereocenters. The zero-order chi connectivity index (χ0) is 24.1. The van der Waals surface area contributed by atoms with E-state index in [0.29, 0.717) is 31.3 Å². The summed E-state index contributed by atoms with van der Waals surface area (Å²) in [5.41, 5.74) is 3.75. The van der Waals surface area contributed by atoms with Crippen LogP contribution in [0, 0.1) is 0 Å². The third kappa shape index (κ3) is 5.30. The molecule has 1 amide bonds.